The van der Waals surface area contributed by atoms with E-state index < -0.39 is 0 Å². The van der Waals surface area contributed by atoms with Crippen LogP contribution < -0.4 is 9.80 Å². The average molecular weight is 350 g/mol. The number of non-ortho nitro benzene ring substituents is 1. The zero-order valence-electron chi connectivity index (χ0n) is 14.1. The minimum atomic E-state index is -0.365. The molecule has 1 saturated heterocycles. The molecule has 0 bridgehead atoms. The molecule has 26 heavy (non-hydrogen) atoms. The maximum absolute atomic E-state index is 11.3. The minimum Gasteiger partial charge on any atom is -0.508 e. The highest BCUT2D eigenvalue weighted by molar-refractivity contribution is 5.99. The summed E-state index contributed by atoms with van der Waals surface area (Å²) >= 11 is 0. The molecule has 3 aromatic rings. The van der Waals surface area contributed by atoms with E-state index in [1.807, 2.05) is 24.3 Å². The lowest BCUT2D eigenvalue weighted by atomic mass is 10.1. The summed E-state index contributed by atoms with van der Waals surface area (Å²) in [5, 5.41) is 22.1. The molecule has 0 saturated carbocycles. The number of phenolic OH excluding ortho intramolecular Hbond substituents is 1. The summed E-state index contributed by atoms with van der Waals surface area (Å²) in [6.07, 6.45) is 3.23. The molecule has 1 aromatic heterocycles. The molecule has 132 valence electrons. The summed E-state index contributed by atoms with van der Waals surface area (Å²) in [6.45, 7) is 3.31. The summed E-state index contributed by atoms with van der Waals surface area (Å²) in [5.41, 5.74) is 2.16. The monoisotopic (exact) mass is 350 g/mol. The fourth-order valence-corrected chi connectivity index (χ4v) is 3.46. The van der Waals surface area contributed by atoms with Gasteiger partial charge < -0.3 is 14.9 Å². The minimum absolute atomic E-state index is 0.0829. The van der Waals surface area contributed by atoms with Crippen molar-refractivity contribution in [2.24, 2.45) is 0 Å². The highest BCUT2D eigenvalue weighted by atomic mass is 16.6. The normalized spacial score (nSPS) is 14.6. The van der Waals surface area contributed by atoms with Crippen LogP contribution >= 0.6 is 0 Å². The lowest BCUT2D eigenvalue weighted by molar-refractivity contribution is -0.383. The smallest absolute Gasteiger partial charge is 0.278 e. The molecule has 2 aromatic carbocycles. The van der Waals surface area contributed by atoms with Crippen LogP contribution in [-0.4, -0.2) is 41.2 Å². The molecule has 7 nitrogen and oxygen atoms in total. The SMILES string of the molecule is O=[N+]([O-])c1ccc(N2CCN(c3ccc(O)cc3)CC2)c2ccncc12. The van der Waals surface area contributed by atoms with Crippen molar-refractivity contribution in [3.8, 4) is 5.75 Å². The third-order valence-electron chi connectivity index (χ3n) is 4.80. The molecule has 0 spiro atoms. The number of rotatable bonds is 3. The van der Waals surface area contributed by atoms with Gasteiger partial charge in [-0.2, -0.15) is 0 Å². The van der Waals surface area contributed by atoms with E-state index in [2.05, 4.69) is 14.8 Å². The summed E-state index contributed by atoms with van der Waals surface area (Å²) in [7, 11) is 0. The van der Waals surface area contributed by atoms with Gasteiger partial charge in [0.25, 0.3) is 5.69 Å². The third-order valence-corrected chi connectivity index (χ3v) is 4.80. The predicted octanol–water partition coefficient (Wildman–Crippen LogP) is 3.18. The number of nitro groups is 1. The molecule has 0 amide bonds. The number of anilines is 2. The molecule has 0 atom stereocenters. The van der Waals surface area contributed by atoms with Gasteiger partial charge in [-0.15, -0.1) is 0 Å². The van der Waals surface area contributed by atoms with E-state index in [0.717, 1.165) is 42.9 Å². The Morgan fingerprint density at radius 1 is 0.923 bits per heavy atom. The van der Waals surface area contributed by atoms with E-state index in [9.17, 15) is 15.2 Å². The standard InChI is InChI=1S/C19H18N4O3/c24-15-3-1-14(2-4-15)21-9-11-22(12-10-21)18-5-6-19(23(25)26)17-13-20-8-7-16(17)18/h1-8,13,24H,9-12H2. The molecule has 1 N–H and O–H groups in total. The summed E-state index contributed by atoms with van der Waals surface area (Å²) in [5.74, 6) is 0.262. The van der Waals surface area contributed by atoms with Crippen LogP contribution in [0.3, 0.4) is 0 Å². The lowest BCUT2D eigenvalue weighted by Crippen LogP contribution is -2.46. The number of aromatic nitrogens is 1. The molecule has 0 aliphatic carbocycles. The molecular weight excluding hydrogens is 332 g/mol. The number of nitrogens with zero attached hydrogens (tertiary/aromatic N) is 4. The first kappa shape index (κ1) is 16.1. The first-order valence-corrected chi connectivity index (χ1v) is 8.43. The maximum Gasteiger partial charge on any atom is 0.278 e. The highest BCUT2D eigenvalue weighted by Crippen LogP contribution is 2.33. The molecule has 4 rings (SSSR count). The van der Waals surface area contributed by atoms with Gasteiger partial charge in [-0.3, -0.25) is 15.1 Å². The van der Waals surface area contributed by atoms with E-state index >= 15 is 0 Å². The second-order valence-electron chi connectivity index (χ2n) is 6.27. The van der Waals surface area contributed by atoms with Gasteiger partial charge in [-0.25, -0.2) is 0 Å². The van der Waals surface area contributed by atoms with Crippen molar-refractivity contribution in [3.05, 3.63) is 65.0 Å². The maximum atomic E-state index is 11.3. The molecule has 2 heterocycles. The van der Waals surface area contributed by atoms with Gasteiger partial charge in [0, 0.05) is 61.4 Å². The fourth-order valence-electron chi connectivity index (χ4n) is 3.46. The molecule has 1 aliphatic heterocycles. The van der Waals surface area contributed by atoms with Gasteiger partial charge in [-0.1, -0.05) is 0 Å². The van der Waals surface area contributed by atoms with Crippen LogP contribution in [0.5, 0.6) is 5.75 Å². The van der Waals surface area contributed by atoms with Crippen LogP contribution in [0.25, 0.3) is 10.8 Å². The van der Waals surface area contributed by atoms with Crippen molar-refractivity contribution < 1.29 is 10.0 Å². The number of nitro benzene ring substituents is 1. The number of pyridine rings is 1. The summed E-state index contributed by atoms with van der Waals surface area (Å²) in [4.78, 5) is 19.5. The fraction of sp³-hybridized carbons (Fsp3) is 0.211. The van der Waals surface area contributed by atoms with Crippen LogP contribution in [0.15, 0.2) is 54.9 Å². The Hall–Kier alpha value is -3.35. The van der Waals surface area contributed by atoms with Crippen LogP contribution in [0.2, 0.25) is 0 Å². The first-order chi connectivity index (χ1) is 12.6. The Morgan fingerprint density at radius 2 is 1.62 bits per heavy atom. The topological polar surface area (TPSA) is 82.7 Å². The number of hydrogen-bond acceptors (Lipinski definition) is 6. The highest BCUT2D eigenvalue weighted by Gasteiger charge is 2.21. The Morgan fingerprint density at radius 3 is 2.31 bits per heavy atom. The molecule has 1 fully saturated rings. The van der Waals surface area contributed by atoms with Crippen molar-refractivity contribution in [2.45, 2.75) is 0 Å². The zero-order valence-corrected chi connectivity index (χ0v) is 14.1. The van der Waals surface area contributed by atoms with E-state index in [4.69, 9.17) is 0 Å². The van der Waals surface area contributed by atoms with E-state index in [1.54, 1.807) is 30.6 Å². The van der Waals surface area contributed by atoms with Gasteiger partial charge in [0.1, 0.15) is 5.75 Å². The quantitative estimate of drug-likeness (QED) is 0.577. The zero-order chi connectivity index (χ0) is 18.1. The van der Waals surface area contributed by atoms with Crippen LogP contribution in [-0.2, 0) is 0 Å². The molecule has 1 aliphatic rings. The number of piperazine rings is 1. The number of fused-ring (bicyclic) bond motifs is 1. The predicted molar refractivity (Wildman–Crippen MR) is 101 cm³/mol. The molecular formula is C19H18N4O3. The van der Waals surface area contributed by atoms with Crippen LogP contribution in [0.4, 0.5) is 17.1 Å². The van der Waals surface area contributed by atoms with Crippen LogP contribution in [0.1, 0.15) is 0 Å². The third kappa shape index (κ3) is 2.88. The molecule has 7 heteroatoms. The number of aromatic hydroxyl groups is 1. The number of phenols is 1. The van der Waals surface area contributed by atoms with Gasteiger partial charge in [0.15, 0.2) is 0 Å². The van der Waals surface area contributed by atoms with Gasteiger partial charge in [-0.05, 0) is 36.4 Å². The van der Waals surface area contributed by atoms with E-state index in [1.165, 1.54) is 0 Å². The Kier molecular flexibility index (Phi) is 4.04. The number of benzene rings is 2. The van der Waals surface area contributed by atoms with Crippen molar-refractivity contribution in [2.75, 3.05) is 36.0 Å². The summed E-state index contributed by atoms with van der Waals surface area (Å²) < 4.78 is 0. The van der Waals surface area contributed by atoms with Crippen molar-refractivity contribution in [3.63, 3.8) is 0 Å². The molecule has 0 radical (unpaired) electrons. The van der Waals surface area contributed by atoms with E-state index in [0.29, 0.717) is 5.39 Å². The second kappa shape index (κ2) is 6.51. The van der Waals surface area contributed by atoms with Gasteiger partial charge >= 0.3 is 0 Å². The summed E-state index contributed by atoms with van der Waals surface area (Å²) in [6, 6.07) is 12.4. The average Bonchev–Trinajstić information content (AvgIpc) is 2.68. The van der Waals surface area contributed by atoms with Crippen molar-refractivity contribution >= 4 is 27.8 Å². The molecule has 0 unspecified atom stereocenters. The Bertz CT molecular complexity index is 951. The van der Waals surface area contributed by atoms with Crippen molar-refractivity contribution in [1.29, 1.82) is 0 Å². The first-order valence-electron chi connectivity index (χ1n) is 8.43. The Labute approximate surface area is 150 Å². The van der Waals surface area contributed by atoms with Gasteiger partial charge in [0.05, 0.1) is 10.3 Å². The van der Waals surface area contributed by atoms with Crippen LogP contribution in [0, 0.1) is 10.1 Å². The Balaban J connectivity index is 1.59. The lowest BCUT2D eigenvalue weighted by Gasteiger charge is -2.37. The van der Waals surface area contributed by atoms with Crippen molar-refractivity contribution in [1.82, 2.24) is 4.98 Å². The van der Waals surface area contributed by atoms with Gasteiger partial charge in [0.2, 0.25) is 0 Å². The second-order valence-corrected chi connectivity index (χ2v) is 6.27. The number of hydrogen-bond donors (Lipinski definition) is 1. The largest absolute Gasteiger partial charge is 0.508 e. The van der Waals surface area contributed by atoms with E-state index in [-0.39, 0.29) is 16.4 Å².